The Morgan fingerprint density at radius 1 is 1.41 bits per heavy atom. The lowest BCUT2D eigenvalue weighted by molar-refractivity contribution is -0.136. The topological polar surface area (TPSA) is 119 Å². The monoisotopic (exact) mass is 381 g/mol. The lowest BCUT2D eigenvalue weighted by Crippen LogP contribution is -2.63. The van der Waals surface area contributed by atoms with Crippen molar-refractivity contribution in [2.24, 2.45) is 11.5 Å². The van der Waals surface area contributed by atoms with Crippen molar-refractivity contribution in [1.82, 2.24) is 4.90 Å². The molecule has 7 nitrogen and oxygen atoms in total. The number of nitrogens with two attached hydrogens (primary N) is 2. The lowest BCUT2D eigenvalue weighted by atomic mass is 9.76. The first-order valence-corrected chi connectivity index (χ1v) is 8.95. The highest BCUT2D eigenvalue weighted by Crippen LogP contribution is 2.40. The van der Waals surface area contributed by atoms with Crippen LogP contribution in [0.5, 0.6) is 0 Å². The number of piperidine rings is 1. The fraction of sp³-hybridized carbons (Fsp3) is 0.579. The Labute approximate surface area is 158 Å². The molecule has 0 spiro atoms. The van der Waals surface area contributed by atoms with Crippen LogP contribution < -0.4 is 11.5 Å². The number of likely N-dealkylation sites (tertiary alicyclic amines) is 1. The molecule has 27 heavy (non-hydrogen) atoms. The van der Waals surface area contributed by atoms with Crippen LogP contribution in [0.25, 0.3) is 0 Å². The van der Waals surface area contributed by atoms with Gasteiger partial charge in [0.15, 0.2) is 5.54 Å². The molecule has 1 aromatic carbocycles. The van der Waals surface area contributed by atoms with E-state index in [0.29, 0.717) is 30.6 Å². The second-order valence-electron chi connectivity index (χ2n) is 7.72. The number of carbonyl (C=O) groups excluding carboxylic acids is 2. The Morgan fingerprint density at radius 2 is 2.07 bits per heavy atom. The largest absolute Gasteiger partial charge is 0.390 e. The molecule has 8 heteroatoms. The van der Waals surface area contributed by atoms with Gasteiger partial charge in [0, 0.05) is 19.6 Å². The number of urea groups is 1. The van der Waals surface area contributed by atoms with Crippen molar-refractivity contribution < 1.29 is 23.8 Å². The first-order chi connectivity index (χ1) is 12.5. The maximum atomic E-state index is 13.6. The van der Waals surface area contributed by atoms with Crippen molar-refractivity contribution in [3.05, 3.63) is 35.1 Å². The van der Waals surface area contributed by atoms with Gasteiger partial charge < -0.3 is 26.2 Å². The van der Waals surface area contributed by atoms with E-state index in [1.165, 1.54) is 23.1 Å². The summed E-state index contributed by atoms with van der Waals surface area (Å²) in [7, 11) is 0. The van der Waals surface area contributed by atoms with E-state index in [0.717, 1.165) is 0 Å². The highest BCUT2D eigenvalue weighted by atomic mass is 19.1. The zero-order chi connectivity index (χ0) is 20.4. The molecule has 0 bridgehead atoms. The van der Waals surface area contributed by atoms with Crippen LogP contribution in [0.1, 0.15) is 44.2 Å². The summed E-state index contributed by atoms with van der Waals surface area (Å²) in [6.45, 7) is 5.49. The predicted molar refractivity (Wildman–Crippen MR) is 98.2 cm³/mol. The SMILES string of the molecule is Cc1cc(F)ccc1C1(C(N)=O)CC(OCCC(C)(C)O)CCN1C(N)=O. The van der Waals surface area contributed by atoms with Crippen LogP contribution in [-0.4, -0.2) is 46.8 Å². The molecule has 0 aromatic heterocycles. The molecule has 0 saturated carbocycles. The van der Waals surface area contributed by atoms with Gasteiger partial charge in [-0.2, -0.15) is 0 Å². The molecule has 150 valence electrons. The summed E-state index contributed by atoms with van der Waals surface area (Å²) in [6.07, 6.45) is 0.649. The number of hydrogen-bond donors (Lipinski definition) is 3. The zero-order valence-electron chi connectivity index (χ0n) is 16.0. The molecule has 2 rings (SSSR count). The smallest absolute Gasteiger partial charge is 0.315 e. The molecular weight excluding hydrogens is 353 g/mol. The molecular formula is C19H28FN3O4. The number of primary amides is 2. The number of carbonyl (C=O) groups is 2. The highest BCUT2D eigenvalue weighted by molar-refractivity contribution is 5.91. The Hall–Kier alpha value is -2.19. The van der Waals surface area contributed by atoms with Crippen molar-refractivity contribution >= 4 is 11.9 Å². The van der Waals surface area contributed by atoms with Crippen molar-refractivity contribution in [2.45, 2.75) is 57.3 Å². The Balaban J connectivity index is 2.39. The molecule has 1 aliphatic heterocycles. The molecule has 2 unspecified atom stereocenters. The third-order valence-corrected chi connectivity index (χ3v) is 5.03. The van der Waals surface area contributed by atoms with Gasteiger partial charge in [-0.3, -0.25) is 4.79 Å². The molecule has 1 aromatic rings. The summed E-state index contributed by atoms with van der Waals surface area (Å²) in [4.78, 5) is 25.9. The molecule has 1 heterocycles. The second kappa shape index (κ2) is 7.82. The summed E-state index contributed by atoms with van der Waals surface area (Å²) in [5, 5.41) is 9.83. The van der Waals surface area contributed by atoms with E-state index < -0.39 is 28.9 Å². The Bertz CT molecular complexity index is 719. The van der Waals surface area contributed by atoms with Gasteiger partial charge in [-0.05, 0) is 56.9 Å². The maximum absolute atomic E-state index is 13.6. The highest BCUT2D eigenvalue weighted by Gasteiger charge is 2.51. The van der Waals surface area contributed by atoms with Gasteiger partial charge in [0.25, 0.3) is 0 Å². The number of ether oxygens (including phenoxy) is 1. The normalized spacial score (nSPS) is 23.3. The van der Waals surface area contributed by atoms with Gasteiger partial charge >= 0.3 is 6.03 Å². The van der Waals surface area contributed by atoms with E-state index in [1.807, 2.05) is 0 Å². The van der Waals surface area contributed by atoms with E-state index in [2.05, 4.69) is 0 Å². The van der Waals surface area contributed by atoms with Crippen molar-refractivity contribution in [1.29, 1.82) is 0 Å². The van der Waals surface area contributed by atoms with Crippen LogP contribution in [0.3, 0.4) is 0 Å². The quantitative estimate of drug-likeness (QED) is 0.692. The zero-order valence-corrected chi connectivity index (χ0v) is 16.0. The molecule has 1 fully saturated rings. The maximum Gasteiger partial charge on any atom is 0.315 e. The minimum Gasteiger partial charge on any atom is -0.390 e. The number of amides is 3. The summed E-state index contributed by atoms with van der Waals surface area (Å²) in [6, 6.07) is 3.21. The molecule has 1 aliphatic rings. The molecule has 5 N–H and O–H groups in total. The predicted octanol–water partition coefficient (Wildman–Crippen LogP) is 1.54. The number of nitrogens with zero attached hydrogens (tertiary/aromatic N) is 1. The number of benzene rings is 1. The molecule has 0 aliphatic carbocycles. The van der Waals surface area contributed by atoms with Crippen LogP contribution in [0, 0.1) is 12.7 Å². The van der Waals surface area contributed by atoms with Gasteiger partial charge in [-0.25, -0.2) is 9.18 Å². The summed E-state index contributed by atoms with van der Waals surface area (Å²) >= 11 is 0. The Kier molecular flexibility index (Phi) is 6.11. The lowest BCUT2D eigenvalue weighted by Gasteiger charge is -2.47. The van der Waals surface area contributed by atoms with Gasteiger partial charge in [0.05, 0.1) is 11.7 Å². The van der Waals surface area contributed by atoms with E-state index in [-0.39, 0.29) is 19.1 Å². The van der Waals surface area contributed by atoms with Crippen LogP contribution >= 0.6 is 0 Å². The van der Waals surface area contributed by atoms with Crippen molar-refractivity contribution in [3.8, 4) is 0 Å². The minimum absolute atomic E-state index is 0.115. The minimum atomic E-state index is -1.51. The van der Waals surface area contributed by atoms with E-state index in [9.17, 15) is 19.1 Å². The summed E-state index contributed by atoms with van der Waals surface area (Å²) in [5.74, 6) is -1.19. The number of halogens is 1. The fourth-order valence-corrected chi connectivity index (χ4v) is 3.63. The third kappa shape index (κ3) is 4.56. The Morgan fingerprint density at radius 3 is 2.59 bits per heavy atom. The first kappa shape index (κ1) is 21.1. The van der Waals surface area contributed by atoms with Crippen LogP contribution in [-0.2, 0) is 15.1 Å². The van der Waals surface area contributed by atoms with Gasteiger partial charge in [0.2, 0.25) is 5.91 Å². The second-order valence-corrected chi connectivity index (χ2v) is 7.72. The average Bonchev–Trinajstić information content (AvgIpc) is 2.53. The van der Waals surface area contributed by atoms with Crippen molar-refractivity contribution in [3.63, 3.8) is 0 Å². The number of hydrogen-bond acceptors (Lipinski definition) is 4. The van der Waals surface area contributed by atoms with Crippen LogP contribution in [0.2, 0.25) is 0 Å². The molecule has 0 radical (unpaired) electrons. The fourth-order valence-electron chi connectivity index (χ4n) is 3.63. The van der Waals surface area contributed by atoms with Gasteiger partial charge in [0.1, 0.15) is 5.82 Å². The number of aliphatic hydroxyl groups is 1. The van der Waals surface area contributed by atoms with Gasteiger partial charge in [-0.1, -0.05) is 6.07 Å². The van der Waals surface area contributed by atoms with Crippen LogP contribution in [0.15, 0.2) is 18.2 Å². The number of aryl methyl sites for hydroxylation is 1. The number of rotatable bonds is 6. The standard InChI is InChI=1S/C19H28FN3O4/c1-12-10-13(20)4-5-15(12)19(16(21)24)11-14(6-8-23(19)17(22)25)27-9-7-18(2,3)26/h4-5,10,14,26H,6-9,11H2,1-3H3,(H2,21,24)(H2,22,25). The summed E-state index contributed by atoms with van der Waals surface area (Å²) in [5.41, 5.74) is 9.83. The van der Waals surface area contributed by atoms with Gasteiger partial charge in [-0.15, -0.1) is 0 Å². The summed E-state index contributed by atoms with van der Waals surface area (Å²) < 4.78 is 19.4. The van der Waals surface area contributed by atoms with Crippen molar-refractivity contribution in [2.75, 3.05) is 13.2 Å². The molecule has 1 saturated heterocycles. The van der Waals surface area contributed by atoms with Crippen LogP contribution in [0.4, 0.5) is 9.18 Å². The van der Waals surface area contributed by atoms with E-state index in [4.69, 9.17) is 16.2 Å². The third-order valence-electron chi connectivity index (χ3n) is 5.03. The first-order valence-electron chi connectivity index (χ1n) is 8.95. The van der Waals surface area contributed by atoms with E-state index in [1.54, 1.807) is 20.8 Å². The average molecular weight is 381 g/mol. The van der Waals surface area contributed by atoms with E-state index >= 15 is 0 Å². The molecule has 3 amide bonds. The molecule has 2 atom stereocenters.